The summed E-state index contributed by atoms with van der Waals surface area (Å²) in [5, 5.41) is 0. The minimum atomic E-state index is -0.407. The smallest absolute Gasteiger partial charge is 0.339 e. The summed E-state index contributed by atoms with van der Waals surface area (Å²) in [5.74, 6) is -0.333. The molecule has 0 radical (unpaired) electrons. The van der Waals surface area contributed by atoms with Crippen LogP contribution >= 0.6 is 0 Å². The van der Waals surface area contributed by atoms with Gasteiger partial charge in [0.2, 0.25) is 0 Å². The van der Waals surface area contributed by atoms with Crippen LogP contribution in [-0.4, -0.2) is 25.2 Å². The highest BCUT2D eigenvalue weighted by molar-refractivity contribution is 6.03. The van der Waals surface area contributed by atoms with Gasteiger partial charge in [0.15, 0.2) is 0 Å². The first kappa shape index (κ1) is 28.4. The average molecular weight is 473 g/mol. The molecule has 1 aliphatic rings. The molecule has 2 rings (SSSR count). The summed E-state index contributed by atoms with van der Waals surface area (Å²) >= 11 is 0. The molecule has 1 aliphatic carbocycles. The second-order valence-electron chi connectivity index (χ2n) is 9.95. The number of carbonyl (C=O) groups is 2. The van der Waals surface area contributed by atoms with E-state index < -0.39 is 11.9 Å². The van der Waals surface area contributed by atoms with Crippen molar-refractivity contribution in [2.24, 2.45) is 0 Å². The lowest BCUT2D eigenvalue weighted by Crippen LogP contribution is -2.16. The first-order valence-corrected chi connectivity index (χ1v) is 14.2. The molecule has 0 amide bonds. The van der Waals surface area contributed by atoms with Crippen molar-refractivity contribution in [3.8, 4) is 0 Å². The molecule has 4 nitrogen and oxygen atoms in total. The quantitative estimate of drug-likeness (QED) is 0.168. The Bertz CT molecular complexity index is 706. The summed E-state index contributed by atoms with van der Waals surface area (Å²) in [6.07, 6.45) is 19.7. The summed E-state index contributed by atoms with van der Waals surface area (Å²) < 4.78 is 11.1. The highest BCUT2D eigenvalue weighted by atomic mass is 16.5. The SMILES string of the molecule is CCCCCCCCOC(=O)c1ccc(C2CCCCC2)cc1C(=O)OCCCCCCCC. The fourth-order valence-corrected chi connectivity index (χ4v) is 4.85. The van der Waals surface area contributed by atoms with Crippen molar-refractivity contribution in [3.05, 3.63) is 34.9 Å². The molecule has 1 aromatic rings. The fourth-order valence-electron chi connectivity index (χ4n) is 4.85. The molecule has 4 heteroatoms. The van der Waals surface area contributed by atoms with Crippen LogP contribution in [0.15, 0.2) is 18.2 Å². The molecule has 0 spiro atoms. The van der Waals surface area contributed by atoms with Gasteiger partial charge < -0.3 is 9.47 Å². The Kier molecular flexibility index (Phi) is 14.7. The van der Waals surface area contributed by atoms with Gasteiger partial charge >= 0.3 is 11.9 Å². The van der Waals surface area contributed by atoms with Crippen molar-refractivity contribution in [2.45, 2.75) is 129 Å². The summed E-state index contributed by atoms with van der Waals surface area (Å²) in [5.41, 5.74) is 1.87. The topological polar surface area (TPSA) is 52.6 Å². The molecule has 0 heterocycles. The molecular weight excluding hydrogens is 424 g/mol. The summed E-state index contributed by atoms with van der Waals surface area (Å²) in [6, 6.07) is 5.71. The largest absolute Gasteiger partial charge is 0.462 e. The molecule has 1 fully saturated rings. The fraction of sp³-hybridized carbons (Fsp3) is 0.733. The van der Waals surface area contributed by atoms with Crippen molar-refractivity contribution in [1.29, 1.82) is 0 Å². The minimum absolute atomic E-state index is 0.346. The number of ether oxygens (including phenoxy) is 2. The van der Waals surface area contributed by atoms with Crippen molar-refractivity contribution in [2.75, 3.05) is 13.2 Å². The number of unbranched alkanes of at least 4 members (excludes halogenated alkanes) is 10. The third kappa shape index (κ3) is 10.6. The van der Waals surface area contributed by atoms with Crippen LogP contribution in [0.25, 0.3) is 0 Å². The Morgan fingerprint density at radius 1 is 0.676 bits per heavy atom. The van der Waals surface area contributed by atoms with Crippen LogP contribution < -0.4 is 0 Å². The van der Waals surface area contributed by atoms with E-state index in [9.17, 15) is 9.59 Å². The predicted molar refractivity (Wildman–Crippen MR) is 140 cm³/mol. The molecule has 0 saturated heterocycles. The predicted octanol–water partition coefficient (Wildman–Crippen LogP) is 8.77. The van der Waals surface area contributed by atoms with Gasteiger partial charge in [-0.2, -0.15) is 0 Å². The van der Waals surface area contributed by atoms with E-state index in [2.05, 4.69) is 13.8 Å². The van der Waals surface area contributed by atoms with E-state index in [1.54, 1.807) is 6.07 Å². The third-order valence-corrected chi connectivity index (χ3v) is 7.02. The lowest BCUT2D eigenvalue weighted by atomic mass is 9.83. The van der Waals surface area contributed by atoms with Crippen LogP contribution in [0, 0.1) is 0 Å². The highest BCUT2D eigenvalue weighted by Crippen LogP contribution is 2.33. The minimum Gasteiger partial charge on any atom is -0.462 e. The lowest BCUT2D eigenvalue weighted by Gasteiger charge is -2.23. The molecule has 192 valence electrons. The van der Waals surface area contributed by atoms with E-state index in [0.29, 0.717) is 30.3 Å². The van der Waals surface area contributed by atoms with E-state index in [0.717, 1.165) is 44.1 Å². The number of hydrogen-bond donors (Lipinski definition) is 0. The lowest BCUT2D eigenvalue weighted by molar-refractivity contribution is 0.0450. The van der Waals surface area contributed by atoms with Crippen LogP contribution in [0.4, 0.5) is 0 Å². The van der Waals surface area contributed by atoms with E-state index in [1.165, 1.54) is 70.6 Å². The maximum atomic E-state index is 13.0. The zero-order valence-electron chi connectivity index (χ0n) is 21.9. The van der Waals surface area contributed by atoms with Crippen molar-refractivity contribution >= 4 is 11.9 Å². The second kappa shape index (κ2) is 17.6. The molecule has 34 heavy (non-hydrogen) atoms. The third-order valence-electron chi connectivity index (χ3n) is 7.02. The van der Waals surface area contributed by atoms with Gasteiger partial charge in [-0.25, -0.2) is 9.59 Å². The molecule has 0 aliphatic heterocycles. The average Bonchev–Trinajstić information content (AvgIpc) is 2.87. The standard InChI is InChI=1S/C30H48O4/c1-3-5-7-9-11-16-22-33-29(31)27-21-20-26(25-18-14-13-15-19-25)24-28(27)30(32)34-23-17-12-10-8-6-4-2/h20-21,24-25H,3-19,22-23H2,1-2H3. The van der Waals surface area contributed by atoms with Gasteiger partial charge in [0.05, 0.1) is 24.3 Å². The first-order valence-electron chi connectivity index (χ1n) is 14.2. The number of hydrogen-bond acceptors (Lipinski definition) is 4. The molecule has 0 atom stereocenters. The van der Waals surface area contributed by atoms with Gasteiger partial charge in [-0.15, -0.1) is 0 Å². The van der Waals surface area contributed by atoms with Crippen molar-refractivity contribution in [1.82, 2.24) is 0 Å². The molecule has 1 aromatic carbocycles. The van der Waals surface area contributed by atoms with Crippen molar-refractivity contribution in [3.63, 3.8) is 0 Å². The van der Waals surface area contributed by atoms with Crippen LogP contribution in [0.1, 0.15) is 155 Å². The van der Waals surface area contributed by atoms with Gasteiger partial charge in [0, 0.05) is 0 Å². The molecule has 0 bridgehead atoms. The summed E-state index contributed by atoms with van der Waals surface area (Å²) in [6.45, 7) is 5.23. The Balaban J connectivity index is 1.95. The molecule has 0 N–H and O–H groups in total. The van der Waals surface area contributed by atoms with Gasteiger partial charge in [-0.1, -0.05) is 103 Å². The second-order valence-corrected chi connectivity index (χ2v) is 9.95. The molecule has 0 unspecified atom stereocenters. The van der Waals surface area contributed by atoms with Gasteiger partial charge in [0.25, 0.3) is 0 Å². The zero-order valence-corrected chi connectivity index (χ0v) is 21.9. The number of carbonyl (C=O) groups excluding carboxylic acids is 2. The maximum absolute atomic E-state index is 13.0. The van der Waals surface area contributed by atoms with Gasteiger partial charge in [-0.3, -0.25) is 0 Å². The van der Waals surface area contributed by atoms with Crippen LogP contribution in [0.3, 0.4) is 0 Å². The number of rotatable bonds is 17. The van der Waals surface area contributed by atoms with E-state index in [4.69, 9.17) is 9.47 Å². The Morgan fingerprint density at radius 2 is 1.18 bits per heavy atom. The zero-order chi connectivity index (χ0) is 24.4. The first-order chi connectivity index (χ1) is 16.7. The van der Waals surface area contributed by atoms with Crippen molar-refractivity contribution < 1.29 is 19.1 Å². The Morgan fingerprint density at radius 3 is 1.74 bits per heavy atom. The molecule has 0 aromatic heterocycles. The molecule has 1 saturated carbocycles. The van der Waals surface area contributed by atoms with E-state index >= 15 is 0 Å². The van der Waals surface area contributed by atoms with Crippen LogP contribution in [-0.2, 0) is 9.47 Å². The number of esters is 2. The molecular formula is C30H48O4. The van der Waals surface area contributed by atoms with E-state index in [-0.39, 0.29) is 0 Å². The Labute approximate surface area is 208 Å². The van der Waals surface area contributed by atoms with Crippen LogP contribution in [0.5, 0.6) is 0 Å². The number of benzene rings is 1. The summed E-state index contributed by atoms with van der Waals surface area (Å²) in [7, 11) is 0. The monoisotopic (exact) mass is 472 g/mol. The van der Waals surface area contributed by atoms with E-state index in [1.807, 2.05) is 12.1 Å². The summed E-state index contributed by atoms with van der Waals surface area (Å²) in [4.78, 5) is 25.8. The Hall–Kier alpha value is -1.84. The highest BCUT2D eigenvalue weighted by Gasteiger charge is 2.23. The van der Waals surface area contributed by atoms with Gasteiger partial charge in [-0.05, 0) is 49.3 Å². The van der Waals surface area contributed by atoms with Gasteiger partial charge in [0.1, 0.15) is 0 Å². The maximum Gasteiger partial charge on any atom is 0.339 e. The normalized spacial score (nSPS) is 14.2. The van der Waals surface area contributed by atoms with Crippen LogP contribution in [0.2, 0.25) is 0 Å².